The van der Waals surface area contributed by atoms with E-state index in [0.717, 1.165) is 44.5 Å². The molecular formula is C22H32N2O3. The summed E-state index contributed by atoms with van der Waals surface area (Å²) in [6.07, 6.45) is 3.54. The van der Waals surface area contributed by atoms with Crippen molar-refractivity contribution in [2.75, 3.05) is 26.3 Å². The quantitative estimate of drug-likeness (QED) is 0.813. The number of carbonyl (C=O) groups is 2. The first-order chi connectivity index (χ1) is 13.0. The second kappa shape index (κ2) is 8.87. The van der Waals surface area contributed by atoms with Crippen LogP contribution in [0.25, 0.3) is 0 Å². The number of hydrogen-bond acceptors (Lipinski definition) is 3. The number of rotatable bonds is 4. The molecule has 5 heteroatoms. The van der Waals surface area contributed by atoms with Crippen LogP contribution in [0, 0.1) is 0 Å². The molecule has 1 aromatic rings. The lowest BCUT2D eigenvalue weighted by Crippen LogP contribution is -2.53. The molecule has 27 heavy (non-hydrogen) atoms. The minimum absolute atomic E-state index is 0.101. The number of benzene rings is 1. The van der Waals surface area contributed by atoms with Gasteiger partial charge in [0.2, 0.25) is 5.91 Å². The summed E-state index contributed by atoms with van der Waals surface area (Å²) in [5.74, 6) is 0.716. The summed E-state index contributed by atoms with van der Waals surface area (Å²) in [4.78, 5) is 29.1. The maximum Gasteiger partial charge on any atom is 0.253 e. The Balaban J connectivity index is 1.60. The Morgan fingerprint density at radius 2 is 1.56 bits per heavy atom. The van der Waals surface area contributed by atoms with Crippen molar-refractivity contribution < 1.29 is 14.3 Å². The van der Waals surface area contributed by atoms with Gasteiger partial charge in [-0.2, -0.15) is 0 Å². The van der Waals surface area contributed by atoms with E-state index in [9.17, 15) is 9.59 Å². The van der Waals surface area contributed by atoms with Crippen molar-refractivity contribution in [3.05, 3.63) is 35.4 Å². The second-order valence-corrected chi connectivity index (χ2v) is 8.07. The molecule has 5 nitrogen and oxygen atoms in total. The number of nitrogens with zero attached hydrogens (tertiary/aromatic N) is 2. The van der Waals surface area contributed by atoms with E-state index in [1.165, 1.54) is 5.56 Å². The molecule has 0 aromatic heterocycles. The van der Waals surface area contributed by atoms with Gasteiger partial charge < -0.3 is 14.5 Å². The van der Waals surface area contributed by atoms with Crippen LogP contribution >= 0.6 is 0 Å². The van der Waals surface area contributed by atoms with E-state index in [-0.39, 0.29) is 23.9 Å². The van der Waals surface area contributed by atoms with E-state index in [1.807, 2.05) is 29.2 Å². The third kappa shape index (κ3) is 4.70. The largest absolute Gasteiger partial charge is 0.381 e. The highest BCUT2D eigenvalue weighted by Crippen LogP contribution is 2.25. The fraction of sp³-hybridized carbons (Fsp3) is 0.636. The van der Waals surface area contributed by atoms with Gasteiger partial charge in [-0.25, -0.2) is 0 Å². The first kappa shape index (κ1) is 19.9. The molecule has 3 rings (SSSR count). The highest BCUT2D eigenvalue weighted by Gasteiger charge is 2.33. The summed E-state index contributed by atoms with van der Waals surface area (Å²) in [6.45, 7) is 8.87. The molecule has 0 radical (unpaired) electrons. The minimum atomic E-state index is 0.101. The van der Waals surface area contributed by atoms with Crippen molar-refractivity contribution in [1.29, 1.82) is 0 Å². The molecular weight excluding hydrogens is 340 g/mol. The zero-order valence-corrected chi connectivity index (χ0v) is 16.8. The van der Waals surface area contributed by atoms with Crippen LogP contribution in [0.2, 0.25) is 0 Å². The summed E-state index contributed by atoms with van der Waals surface area (Å²) in [5, 5.41) is 0. The lowest BCUT2D eigenvalue weighted by molar-refractivity contribution is -0.137. The van der Waals surface area contributed by atoms with Gasteiger partial charge in [0.15, 0.2) is 0 Å². The average molecular weight is 373 g/mol. The van der Waals surface area contributed by atoms with Gasteiger partial charge in [-0.05, 0) is 49.3 Å². The third-order valence-corrected chi connectivity index (χ3v) is 5.92. The predicted molar refractivity (Wildman–Crippen MR) is 106 cm³/mol. The first-order valence-corrected chi connectivity index (χ1v) is 10.2. The van der Waals surface area contributed by atoms with Gasteiger partial charge in [-0.15, -0.1) is 0 Å². The molecule has 0 saturated carbocycles. The number of likely N-dealkylation sites (tertiary alicyclic amines) is 1. The smallest absolute Gasteiger partial charge is 0.253 e. The van der Waals surface area contributed by atoms with Crippen LogP contribution < -0.4 is 0 Å². The van der Waals surface area contributed by atoms with Crippen molar-refractivity contribution in [3.8, 4) is 0 Å². The lowest BCUT2D eigenvalue weighted by atomic mass is 9.97. The molecule has 0 N–H and O–H groups in total. The first-order valence-electron chi connectivity index (χ1n) is 10.2. The molecule has 2 aliphatic rings. The summed E-state index contributed by atoms with van der Waals surface area (Å²) < 4.78 is 5.45. The normalized spacial score (nSPS) is 19.3. The van der Waals surface area contributed by atoms with Crippen LogP contribution in [0.5, 0.6) is 0 Å². The van der Waals surface area contributed by atoms with Crippen LogP contribution in [0.15, 0.2) is 24.3 Å². The number of piperidine rings is 1. The fourth-order valence-corrected chi connectivity index (χ4v) is 4.32. The lowest BCUT2D eigenvalue weighted by Gasteiger charge is -2.43. The summed E-state index contributed by atoms with van der Waals surface area (Å²) in [6, 6.07) is 8.49. The predicted octanol–water partition coefficient (Wildman–Crippen LogP) is 3.44. The van der Waals surface area contributed by atoms with E-state index in [0.29, 0.717) is 19.0 Å². The van der Waals surface area contributed by atoms with Gasteiger partial charge in [0.25, 0.3) is 5.91 Å². The van der Waals surface area contributed by atoms with Gasteiger partial charge in [0.05, 0.1) is 0 Å². The molecule has 2 fully saturated rings. The minimum Gasteiger partial charge on any atom is -0.381 e. The molecule has 0 atom stereocenters. The third-order valence-electron chi connectivity index (χ3n) is 5.92. The van der Waals surface area contributed by atoms with Crippen LogP contribution in [0.4, 0.5) is 0 Å². The number of amides is 2. The van der Waals surface area contributed by atoms with Gasteiger partial charge in [-0.1, -0.05) is 26.0 Å². The van der Waals surface area contributed by atoms with Gasteiger partial charge in [0.1, 0.15) is 0 Å². The Labute approximate surface area is 162 Å². The van der Waals surface area contributed by atoms with Crippen molar-refractivity contribution in [1.82, 2.24) is 9.80 Å². The van der Waals surface area contributed by atoms with Crippen molar-refractivity contribution >= 4 is 11.8 Å². The highest BCUT2D eigenvalue weighted by molar-refractivity contribution is 5.94. The zero-order valence-electron chi connectivity index (χ0n) is 16.8. The van der Waals surface area contributed by atoms with Gasteiger partial charge >= 0.3 is 0 Å². The van der Waals surface area contributed by atoms with E-state index in [1.54, 1.807) is 6.92 Å². The SMILES string of the molecule is CC(=O)N(C1CCOCC1)C1CCN(C(=O)c2ccc(C(C)C)cc2)CC1. The summed E-state index contributed by atoms with van der Waals surface area (Å²) in [5.41, 5.74) is 2.00. The molecule has 2 saturated heterocycles. The Hall–Kier alpha value is -1.88. The molecule has 0 bridgehead atoms. The van der Waals surface area contributed by atoms with Crippen LogP contribution in [-0.2, 0) is 9.53 Å². The molecule has 0 unspecified atom stereocenters. The Kier molecular flexibility index (Phi) is 6.53. The van der Waals surface area contributed by atoms with Gasteiger partial charge in [-0.3, -0.25) is 9.59 Å². The van der Waals surface area contributed by atoms with Crippen LogP contribution in [0.3, 0.4) is 0 Å². The van der Waals surface area contributed by atoms with Crippen molar-refractivity contribution in [2.24, 2.45) is 0 Å². The molecule has 148 valence electrons. The fourth-order valence-electron chi connectivity index (χ4n) is 4.32. The van der Waals surface area contributed by atoms with Gasteiger partial charge in [0, 0.05) is 50.9 Å². The maximum absolute atomic E-state index is 12.8. The topological polar surface area (TPSA) is 49.9 Å². The molecule has 1 aromatic carbocycles. The highest BCUT2D eigenvalue weighted by atomic mass is 16.5. The molecule has 2 amide bonds. The van der Waals surface area contributed by atoms with Crippen molar-refractivity contribution in [3.63, 3.8) is 0 Å². The Bertz CT molecular complexity index is 642. The van der Waals surface area contributed by atoms with Crippen LogP contribution in [-0.4, -0.2) is 60.0 Å². The molecule has 0 aliphatic carbocycles. The number of carbonyl (C=O) groups excluding carboxylic acids is 2. The zero-order chi connectivity index (χ0) is 19.4. The van der Waals surface area contributed by atoms with Crippen LogP contribution in [0.1, 0.15) is 68.3 Å². The number of ether oxygens (including phenoxy) is 1. The van der Waals surface area contributed by atoms with E-state index >= 15 is 0 Å². The molecule has 0 spiro atoms. The Morgan fingerprint density at radius 3 is 2.07 bits per heavy atom. The van der Waals surface area contributed by atoms with E-state index in [4.69, 9.17) is 4.74 Å². The maximum atomic E-state index is 12.8. The van der Waals surface area contributed by atoms with E-state index < -0.39 is 0 Å². The standard InChI is InChI=1S/C22H32N2O3/c1-16(2)18-4-6-19(7-5-18)22(26)23-12-8-20(9-13-23)24(17(3)25)21-10-14-27-15-11-21/h4-7,16,20-21H,8-15H2,1-3H3. The second-order valence-electron chi connectivity index (χ2n) is 8.07. The van der Waals surface area contributed by atoms with Crippen molar-refractivity contribution in [2.45, 2.75) is 64.5 Å². The molecule has 2 heterocycles. The number of hydrogen-bond donors (Lipinski definition) is 0. The summed E-state index contributed by atoms with van der Waals surface area (Å²) in [7, 11) is 0. The average Bonchev–Trinajstić information content (AvgIpc) is 2.69. The Morgan fingerprint density at radius 1 is 1.00 bits per heavy atom. The monoisotopic (exact) mass is 372 g/mol. The summed E-state index contributed by atoms with van der Waals surface area (Å²) >= 11 is 0. The van der Waals surface area contributed by atoms with E-state index in [2.05, 4.69) is 18.7 Å². The molecule has 2 aliphatic heterocycles.